The molecule has 0 bridgehead atoms. The maximum atomic E-state index is 9.21. The van der Waals surface area contributed by atoms with Crippen molar-refractivity contribution in [1.29, 1.82) is 0 Å². The summed E-state index contributed by atoms with van der Waals surface area (Å²) in [5, 5.41) is 17.2. The van der Waals surface area contributed by atoms with Crippen LogP contribution in [0.15, 0.2) is 30.5 Å². The third kappa shape index (κ3) is 2.87. The number of aromatic nitrogens is 2. The number of aliphatic hydroxyl groups is 1. The van der Waals surface area contributed by atoms with Crippen LogP contribution >= 0.6 is 11.6 Å². The van der Waals surface area contributed by atoms with Crippen LogP contribution in [-0.4, -0.2) is 39.9 Å². The summed E-state index contributed by atoms with van der Waals surface area (Å²) >= 11 is 6.05. The minimum absolute atomic E-state index is 0.281. The number of H-pyrrole nitrogens is 1. The van der Waals surface area contributed by atoms with Gasteiger partial charge in [-0.3, -0.25) is 10.00 Å². The number of hydrogen-bond donors (Lipinski definition) is 2. The second kappa shape index (κ2) is 5.95. The zero-order chi connectivity index (χ0) is 13.9. The summed E-state index contributed by atoms with van der Waals surface area (Å²) in [6.07, 6.45) is 2.95. The molecule has 1 aromatic heterocycles. The van der Waals surface area contributed by atoms with Gasteiger partial charge in [0.2, 0.25) is 0 Å². The summed E-state index contributed by atoms with van der Waals surface area (Å²) in [6.45, 7) is 3.12. The number of halogens is 1. The van der Waals surface area contributed by atoms with Crippen LogP contribution < -0.4 is 0 Å². The summed E-state index contributed by atoms with van der Waals surface area (Å²) in [5.41, 5.74) is 3.26. The summed E-state index contributed by atoms with van der Waals surface area (Å²) in [4.78, 5) is 2.36. The molecule has 1 fully saturated rings. The average Bonchev–Trinajstić information content (AvgIpc) is 3.08. The third-order valence-corrected chi connectivity index (χ3v) is 4.09. The van der Waals surface area contributed by atoms with Gasteiger partial charge in [-0.2, -0.15) is 5.10 Å². The van der Waals surface area contributed by atoms with Crippen LogP contribution in [0.3, 0.4) is 0 Å². The number of aliphatic hydroxyl groups excluding tert-OH is 1. The van der Waals surface area contributed by atoms with Crippen molar-refractivity contribution in [3.63, 3.8) is 0 Å². The van der Waals surface area contributed by atoms with E-state index in [4.69, 9.17) is 11.6 Å². The minimum Gasteiger partial charge on any atom is -0.396 e. The van der Waals surface area contributed by atoms with Crippen molar-refractivity contribution in [3.05, 3.63) is 41.0 Å². The molecule has 0 radical (unpaired) electrons. The molecule has 4 nitrogen and oxygen atoms in total. The van der Waals surface area contributed by atoms with Crippen molar-refractivity contribution in [2.24, 2.45) is 5.92 Å². The van der Waals surface area contributed by atoms with Gasteiger partial charge in [0.15, 0.2) is 0 Å². The van der Waals surface area contributed by atoms with Crippen LogP contribution in [0.2, 0.25) is 5.02 Å². The monoisotopic (exact) mass is 291 g/mol. The molecule has 1 unspecified atom stereocenters. The van der Waals surface area contributed by atoms with Crippen LogP contribution in [0, 0.1) is 5.92 Å². The minimum atomic E-state index is 0.281. The van der Waals surface area contributed by atoms with Crippen LogP contribution in [0.4, 0.5) is 0 Å². The molecule has 106 valence electrons. The molecule has 1 aliphatic heterocycles. The molecule has 0 aliphatic carbocycles. The number of rotatable bonds is 4. The van der Waals surface area contributed by atoms with Gasteiger partial charge in [-0.05, 0) is 31.0 Å². The van der Waals surface area contributed by atoms with Gasteiger partial charge in [0, 0.05) is 35.8 Å². The lowest BCUT2D eigenvalue weighted by molar-refractivity contribution is 0.220. The van der Waals surface area contributed by atoms with E-state index in [0.29, 0.717) is 5.92 Å². The SMILES string of the molecule is OCC1CCN(Cc2cn[nH]c2-c2cccc(Cl)c2)C1. The molecule has 20 heavy (non-hydrogen) atoms. The molecule has 2 N–H and O–H groups in total. The van der Waals surface area contributed by atoms with E-state index < -0.39 is 0 Å². The topological polar surface area (TPSA) is 52.1 Å². The Morgan fingerprint density at radius 2 is 2.35 bits per heavy atom. The van der Waals surface area contributed by atoms with Crippen LogP contribution in [-0.2, 0) is 6.54 Å². The van der Waals surface area contributed by atoms with Crippen LogP contribution in [0.5, 0.6) is 0 Å². The van der Waals surface area contributed by atoms with Crippen LogP contribution in [0.25, 0.3) is 11.3 Å². The van der Waals surface area contributed by atoms with Gasteiger partial charge in [0.05, 0.1) is 11.9 Å². The Labute approximate surface area is 123 Å². The number of hydrogen-bond acceptors (Lipinski definition) is 3. The molecule has 3 rings (SSSR count). The Kier molecular flexibility index (Phi) is 4.05. The average molecular weight is 292 g/mol. The molecule has 2 aromatic rings. The maximum absolute atomic E-state index is 9.21. The van der Waals surface area contributed by atoms with Crippen molar-refractivity contribution >= 4 is 11.6 Å². The fraction of sp³-hybridized carbons (Fsp3) is 0.400. The van der Waals surface area contributed by atoms with Crippen molar-refractivity contribution in [3.8, 4) is 11.3 Å². The molecule has 2 heterocycles. The van der Waals surface area contributed by atoms with Crippen molar-refractivity contribution in [2.75, 3.05) is 19.7 Å². The zero-order valence-electron chi connectivity index (χ0n) is 11.2. The first-order valence-corrected chi connectivity index (χ1v) is 7.25. The predicted octanol–water partition coefficient (Wildman–Crippen LogP) is 2.54. The standard InChI is InChI=1S/C15H18ClN3O/c16-14-3-1-2-12(6-14)15-13(7-17-18-15)9-19-5-4-11(8-19)10-20/h1-3,6-7,11,20H,4-5,8-10H2,(H,17,18). The Hall–Kier alpha value is -1.36. The van der Waals surface area contributed by atoms with E-state index in [0.717, 1.165) is 42.3 Å². The number of nitrogens with one attached hydrogen (secondary N) is 1. The zero-order valence-corrected chi connectivity index (χ0v) is 12.0. The molecule has 0 saturated carbocycles. The highest BCUT2D eigenvalue weighted by Gasteiger charge is 2.22. The van der Waals surface area contributed by atoms with Gasteiger partial charge in [-0.15, -0.1) is 0 Å². The maximum Gasteiger partial charge on any atom is 0.0695 e. The first-order valence-electron chi connectivity index (χ1n) is 6.87. The lowest BCUT2D eigenvalue weighted by atomic mass is 10.1. The van der Waals surface area contributed by atoms with E-state index in [1.165, 1.54) is 5.56 Å². The summed E-state index contributed by atoms with van der Waals surface area (Å²) in [7, 11) is 0. The fourth-order valence-corrected chi connectivity index (χ4v) is 2.96. The molecule has 1 aliphatic rings. The van der Waals surface area contributed by atoms with E-state index in [2.05, 4.69) is 15.1 Å². The molecule has 1 aromatic carbocycles. The molecule has 0 spiro atoms. The van der Waals surface area contributed by atoms with Crippen molar-refractivity contribution < 1.29 is 5.11 Å². The molecule has 1 saturated heterocycles. The van der Waals surface area contributed by atoms with Gasteiger partial charge in [0.1, 0.15) is 0 Å². The second-order valence-corrected chi connectivity index (χ2v) is 5.79. The number of nitrogens with zero attached hydrogens (tertiary/aromatic N) is 2. The van der Waals surface area contributed by atoms with Gasteiger partial charge < -0.3 is 5.11 Å². The van der Waals surface area contributed by atoms with E-state index in [9.17, 15) is 5.11 Å². The van der Waals surface area contributed by atoms with E-state index in [-0.39, 0.29) is 6.61 Å². The first-order chi connectivity index (χ1) is 9.76. The summed E-state index contributed by atoms with van der Waals surface area (Å²) in [5.74, 6) is 0.413. The predicted molar refractivity (Wildman–Crippen MR) is 79.5 cm³/mol. The second-order valence-electron chi connectivity index (χ2n) is 5.35. The highest BCUT2D eigenvalue weighted by molar-refractivity contribution is 6.30. The molecule has 1 atom stereocenters. The highest BCUT2D eigenvalue weighted by Crippen LogP contribution is 2.26. The van der Waals surface area contributed by atoms with Crippen LogP contribution in [0.1, 0.15) is 12.0 Å². The lowest BCUT2D eigenvalue weighted by Gasteiger charge is -2.15. The van der Waals surface area contributed by atoms with E-state index in [1.54, 1.807) is 0 Å². The van der Waals surface area contributed by atoms with Crippen molar-refractivity contribution in [2.45, 2.75) is 13.0 Å². The number of benzene rings is 1. The smallest absolute Gasteiger partial charge is 0.0695 e. The quantitative estimate of drug-likeness (QED) is 0.910. The fourth-order valence-electron chi connectivity index (χ4n) is 2.77. The van der Waals surface area contributed by atoms with Gasteiger partial charge in [-0.25, -0.2) is 0 Å². The Morgan fingerprint density at radius 3 is 3.10 bits per heavy atom. The van der Waals surface area contributed by atoms with E-state index in [1.807, 2.05) is 30.5 Å². The van der Waals surface area contributed by atoms with Crippen molar-refractivity contribution in [1.82, 2.24) is 15.1 Å². The molecule has 0 amide bonds. The Balaban J connectivity index is 1.77. The first kappa shape index (κ1) is 13.6. The lowest BCUT2D eigenvalue weighted by Crippen LogP contribution is -2.21. The third-order valence-electron chi connectivity index (χ3n) is 3.85. The largest absolute Gasteiger partial charge is 0.396 e. The Bertz CT molecular complexity index is 584. The summed E-state index contributed by atoms with van der Waals surface area (Å²) in [6, 6.07) is 7.79. The molecular formula is C15H18ClN3O. The molecular weight excluding hydrogens is 274 g/mol. The van der Waals surface area contributed by atoms with Gasteiger partial charge in [-0.1, -0.05) is 23.7 Å². The normalized spacial score (nSPS) is 19.6. The van der Waals surface area contributed by atoms with Gasteiger partial charge in [0.25, 0.3) is 0 Å². The highest BCUT2D eigenvalue weighted by atomic mass is 35.5. The summed E-state index contributed by atoms with van der Waals surface area (Å²) < 4.78 is 0. The number of likely N-dealkylation sites (tertiary alicyclic amines) is 1. The Morgan fingerprint density at radius 1 is 1.45 bits per heavy atom. The van der Waals surface area contributed by atoms with Gasteiger partial charge >= 0.3 is 0 Å². The number of aromatic amines is 1. The van der Waals surface area contributed by atoms with E-state index >= 15 is 0 Å². The molecule has 5 heteroatoms.